The molecule has 3 N–H and O–H groups in total. The number of hydrogen-bond acceptors (Lipinski definition) is 5. The van der Waals surface area contributed by atoms with Crippen molar-refractivity contribution in [3.63, 3.8) is 0 Å². The number of hydrogen-bond donors (Lipinski definition) is 3. The number of aromatic hydroxyl groups is 2. The topological polar surface area (TPSA) is 94.8 Å². The predicted octanol–water partition coefficient (Wildman–Crippen LogP) is 1.65. The van der Waals surface area contributed by atoms with Crippen LogP contribution in [0.5, 0.6) is 11.5 Å². The van der Waals surface area contributed by atoms with Gasteiger partial charge < -0.3 is 10.2 Å². The van der Waals surface area contributed by atoms with Crippen LogP contribution in [0.3, 0.4) is 0 Å². The zero-order chi connectivity index (χ0) is 14.5. The van der Waals surface area contributed by atoms with Gasteiger partial charge in [-0.05, 0) is 37.3 Å². The first-order valence-electron chi connectivity index (χ1n) is 5.85. The number of carbonyl (C=O) groups is 1. The second-order valence-corrected chi connectivity index (χ2v) is 4.08. The van der Waals surface area contributed by atoms with Gasteiger partial charge >= 0.3 is 0 Å². The number of aromatic nitrogens is 1. The Morgan fingerprint density at radius 2 is 1.90 bits per heavy atom. The summed E-state index contributed by atoms with van der Waals surface area (Å²) in [4.78, 5) is 15.6. The van der Waals surface area contributed by atoms with Crippen LogP contribution in [0.4, 0.5) is 0 Å². The van der Waals surface area contributed by atoms with Crippen molar-refractivity contribution in [3.8, 4) is 11.5 Å². The Hall–Kier alpha value is -2.89. The van der Waals surface area contributed by atoms with Crippen molar-refractivity contribution < 1.29 is 15.0 Å². The molecular weight excluding hydrogens is 258 g/mol. The minimum atomic E-state index is -0.383. The molecule has 0 unspecified atom stereocenters. The van der Waals surface area contributed by atoms with Crippen LogP contribution in [0.2, 0.25) is 0 Å². The molecule has 6 heteroatoms. The van der Waals surface area contributed by atoms with E-state index in [4.69, 9.17) is 0 Å². The summed E-state index contributed by atoms with van der Waals surface area (Å²) in [6.45, 7) is 1.61. The largest absolute Gasteiger partial charge is 0.508 e. The summed E-state index contributed by atoms with van der Waals surface area (Å²) in [6, 6.07) is 7.21. The Kier molecular flexibility index (Phi) is 3.95. The highest BCUT2D eigenvalue weighted by Crippen LogP contribution is 2.22. The van der Waals surface area contributed by atoms with Gasteiger partial charge in [0.05, 0.1) is 5.71 Å². The minimum absolute atomic E-state index is 0.00723. The average molecular weight is 271 g/mol. The molecule has 1 aromatic heterocycles. The first kappa shape index (κ1) is 13.5. The van der Waals surface area contributed by atoms with Crippen molar-refractivity contribution in [1.29, 1.82) is 0 Å². The predicted molar refractivity (Wildman–Crippen MR) is 73.7 cm³/mol. The fourth-order valence-electron chi connectivity index (χ4n) is 1.58. The van der Waals surface area contributed by atoms with Crippen LogP contribution >= 0.6 is 0 Å². The zero-order valence-electron chi connectivity index (χ0n) is 10.7. The number of rotatable bonds is 3. The van der Waals surface area contributed by atoms with E-state index in [9.17, 15) is 15.0 Å². The lowest BCUT2D eigenvalue weighted by molar-refractivity contribution is 0.0954. The van der Waals surface area contributed by atoms with E-state index in [-0.39, 0.29) is 17.4 Å². The van der Waals surface area contributed by atoms with Gasteiger partial charge in [-0.1, -0.05) is 0 Å². The standard InChI is InChI=1S/C14H13N3O3/c1-9(12-8-11(18)2-3-13(12)19)16-17-14(20)10-4-6-15-7-5-10/h2-8,18-19H,1H3,(H,17,20)/b16-9+. The smallest absolute Gasteiger partial charge is 0.271 e. The first-order valence-corrected chi connectivity index (χ1v) is 5.85. The molecule has 2 aromatic rings. The maximum absolute atomic E-state index is 11.8. The molecular formula is C14H13N3O3. The molecule has 20 heavy (non-hydrogen) atoms. The van der Waals surface area contributed by atoms with E-state index in [0.29, 0.717) is 16.8 Å². The van der Waals surface area contributed by atoms with Gasteiger partial charge in [-0.3, -0.25) is 9.78 Å². The maximum atomic E-state index is 11.8. The van der Waals surface area contributed by atoms with Crippen molar-refractivity contribution in [2.75, 3.05) is 0 Å². The Labute approximate surface area is 115 Å². The summed E-state index contributed by atoms with van der Waals surface area (Å²) in [5.74, 6) is -0.401. The molecule has 0 aliphatic carbocycles. The van der Waals surface area contributed by atoms with Crippen LogP contribution in [0, 0.1) is 0 Å². The van der Waals surface area contributed by atoms with E-state index in [2.05, 4.69) is 15.5 Å². The van der Waals surface area contributed by atoms with Crippen LogP contribution in [-0.2, 0) is 0 Å². The van der Waals surface area contributed by atoms with Gasteiger partial charge in [-0.2, -0.15) is 5.10 Å². The second kappa shape index (κ2) is 5.83. The van der Waals surface area contributed by atoms with Crippen LogP contribution in [0.1, 0.15) is 22.8 Å². The maximum Gasteiger partial charge on any atom is 0.271 e. The average Bonchev–Trinajstić information content (AvgIpc) is 2.47. The number of amides is 1. The normalized spacial score (nSPS) is 11.2. The van der Waals surface area contributed by atoms with E-state index in [1.165, 1.54) is 30.6 Å². The molecule has 0 fully saturated rings. The number of carbonyl (C=O) groups excluding carboxylic acids is 1. The molecule has 0 saturated heterocycles. The molecule has 102 valence electrons. The van der Waals surface area contributed by atoms with Gasteiger partial charge in [0.2, 0.25) is 0 Å². The minimum Gasteiger partial charge on any atom is -0.508 e. The Bertz CT molecular complexity index is 654. The fraction of sp³-hybridized carbons (Fsp3) is 0.0714. The molecule has 0 aliphatic rings. The quantitative estimate of drug-likeness (QED) is 0.449. The number of phenols is 2. The fourth-order valence-corrected chi connectivity index (χ4v) is 1.58. The number of phenolic OH excluding ortho intramolecular Hbond substituents is 2. The number of nitrogens with zero attached hydrogens (tertiary/aromatic N) is 2. The van der Waals surface area contributed by atoms with Crippen molar-refractivity contribution in [2.24, 2.45) is 5.10 Å². The Morgan fingerprint density at radius 3 is 2.60 bits per heavy atom. The molecule has 0 bridgehead atoms. The highest BCUT2D eigenvalue weighted by atomic mass is 16.3. The monoisotopic (exact) mass is 271 g/mol. The van der Waals surface area contributed by atoms with Gasteiger partial charge in [-0.15, -0.1) is 0 Å². The number of benzene rings is 1. The van der Waals surface area contributed by atoms with Gasteiger partial charge in [0.1, 0.15) is 11.5 Å². The third-order valence-electron chi connectivity index (χ3n) is 2.64. The summed E-state index contributed by atoms with van der Waals surface area (Å²) in [5.41, 5.74) is 3.52. The summed E-state index contributed by atoms with van der Waals surface area (Å²) in [5, 5.41) is 23.0. The highest BCUT2D eigenvalue weighted by molar-refractivity contribution is 6.02. The summed E-state index contributed by atoms with van der Waals surface area (Å²) in [7, 11) is 0. The summed E-state index contributed by atoms with van der Waals surface area (Å²) in [6.07, 6.45) is 3.01. The van der Waals surface area contributed by atoms with E-state index in [1.54, 1.807) is 19.1 Å². The van der Waals surface area contributed by atoms with E-state index >= 15 is 0 Å². The lowest BCUT2D eigenvalue weighted by atomic mass is 10.1. The van der Waals surface area contributed by atoms with E-state index in [0.717, 1.165) is 0 Å². The van der Waals surface area contributed by atoms with Crippen molar-refractivity contribution in [2.45, 2.75) is 6.92 Å². The lowest BCUT2D eigenvalue weighted by Crippen LogP contribution is -2.19. The molecule has 0 aliphatic heterocycles. The Balaban J connectivity index is 2.15. The highest BCUT2D eigenvalue weighted by Gasteiger charge is 2.07. The molecule has 0 radical (unpaired) electrons. The van der Waals surface area contributed by atoms with Gasteiger partial charge in [0.15, 0.2) is 0 Å². The van der Waals surface area contributed by atoms with Crippen LogP contribution in [-0.4, -0.2) is 26.8 Å². The molecule has 2 rings (SSSR count). The summed E-state index contributed by atoms with van der Waals surface area (Å²) < 4.78 is 0. The first-order chi connectivity index (χ1) is 9.58. The van der Waals surface area contributed by atoms with Crippen LogP contribution < -0.4 is 5.43 Å². The molecule has 6 nitrogen and oxygen atoms in total. The number of hydrazone groups is 1. The number of nitrogens with one attached hydrogen (secondary N) is 1. The van der Waals surface area contributed by atoms with Crippen LogP contribution in [0.15, 0.2) is 47.8 Å². The third kappa shape index (κ3) is 3.11. The summed E-state index contributed by atoms with van der Waals surface area (Å²) >= 11 is 0. The third-order valence-corrected chi connectivity index (χ3v) is 2.64. The van der Waals surface area contributed by atoms with Crippen molar-refractivity contribution in [1.82, 2.24) is 10.4 Å². The lowest BCUT2D eigenvalue weighted by Gasteiger charge is -2.05. The second-order valence-electron chi connectivity index (χ2n) is 4.08. The molecule has 1 heterocycles. The van der Waals surface area contributed by atoms with E-state index < -0.39 is 0 Å². The Morgan fingerprint density at radius 1 is 1.20 bits per heavy atom. The molecule has 1 aromatic carbocycles. The van der Waals surface area contributed by atoms with Crippen molar-refractivity contribution >= 4 is 11.6 Å². The van der Waals surface area contributed by atoms with Gasteiger partial charge in [0, 0.05) is 23.5 Å². The van der Waals surface area contributed by atoms with Gasteiger partial charge in [0.25, 0.3) is 5.91 Å². The molecule has 0 saturated carbocycles. The molecule has 0 spiro atoms. The van der Waals surface area contributed by atoms with E-state index in [1.807, 2.05) is 0 Å². The number of pyridine rings is 1. The molecule has 0 atom stereocenters. The van der Waals surface area contributed by atoms with Gasteiger partial charge in [-0.25, -0.2) is 5.43 Å². The SMILES string of the molecule is C/C(=N\NC(=O)c1ccncc1)c1cc(O)ccc1O. The van der Waals surface area contributed by atoms with Crippen molar-refractivity contribution in [3.05, 3.63) is 53.9 Å². The van der Waals surface area contributed by atoms with Crippen LogP contribution in [0.25, 0.3) is 0 Å². The molecule has 1 amide bonds. The zero-order valence-corrected chi connectivity index (χ0v) is 10.7.